The molecule has 0 spiro atoms. The Labute approximate surface area is 132 Å². The Bertz CT molecular complexity index is 466. The zero-order valence-electron chi connectivity index (χ0n) is 13.6. The minimum atomic E-state index is -0.194. The van der Waals surface area contributed by atoms with Crippen LogP contribution in [0.15, 0.2) is 24.3 Å². The quantitative estimate of drug-likeness (QED) is 0.874. The fraction of sp³-hybridized carbons (Fsp3) is 0.611. The summed E-state index contributed by atoms with van der Waals surface area (Å²) in [5.41, 5.74) is 1.13. The van der Waals surface area contributed by atoms with E-state index in [2.05, 4.69) is 24.1 Å². The van der Waals surface area contributed by atoms with Crippen LogP contribution in [0.25, 0.3) is 0 Å². The molecule has 1 saturated heterocycles. The Morgan fingerprint density at radius 1 is 1.32 bits per heavy atom. The van der Waals surface area contributed by atoms with Gasteiger partial charge in [-0.15, -0.1) is 0 Å². The largest absolute Gasteiger partial charge is 0.353 e. The Morgan fingerprint density at radius 3 is 2.55 bits per heavy atom. The minimum Gasteiger partial charge on any atom is -0.353 e. The molecule has 1 aliphatic heterocycles. The van der Waals surface area contributed by atoms with Crippen LogP contribution in [0.3, 0.4) is 0 Å². The lowest BCUT2D eigenvalue weighted by molar-refractivity contribution is -0.127. The molecule has 0 aliphatic carbocycles. The fourth-order valence-corrected chi connectivity index (χ4v) is 3.07. The molecule has 0 unspecified atom stereocenters. The summed E-state index contributed by atoms with van der Waals surface area (Å²) in [4.78, 5) is 14.6. The van der Waals surface area contributed by atoms with E-state index in [1.54, 1.807) is 0 Å². The minimum absolute atomic E-state index is 0.142. The van der Waals surface area contributed by atoms with Gasteiger partial charge in [0.1, 0.15) is 5.82 Å². The summed E-state index contributed by atoms with van der Waals surface area (Å²) in [5.74, 6) is 0.159. The van der Waals surface area contributed by atoms with E-state index in [-0.39, 0.29) is 23.7 Å². The summed E-state index contributed by atoms with van der Waals surface area (Å²) in [7, 11) is 0. The maximum atomic E-state index is 12.9. The number of likely N-dealkylation sites (tertiary alicyclic amines) is 1. The monoisotopic (exact) mass is 306 g/mol. The van der Waals surface area contributed by atoms with Crippen LogP contribution in [0.5, 0.6) is 0 Å². The number of halogens is 1. The van der Waals surface area contributed by atoms with E-state index in [0.29, 0.717) is 0 Å². The fourth-order valence-electron chi connectivity index (χ4n) is 3.07. The number of carbonyl (C=O) groups is 1. The average molecular weight is 306 g/mol. The molecule has 4 heteroatoms. The van der Waals surface area contributed by atoms with Crippen molar-refractivity contribution in [2.75, 3.05) is 13.1 Å². The van der Waals surface area contributed by atoms with Crippen LogP contribution in [-0.2, 0) is 11.3 Å². The van der Waals surface area contributed by atoms with E-state index in [9.17, 15) is 9.18 Å². The van der Waals surface area contributed by atoms with Crippen molar-refractivity contribution in [1.82, 2.24) is 10.2 Å². The predicted octanol–water partition coefficient (Wildman–Crippen LogP) is 3.34. The molecule has 1 aromatic carbocycles. The van der Waals surface area contributed by atoms with Crippen molar-refractivity contribution in [3.63, 3.8) is 0 Å². The topological polar surface area (TPSA) is 32.3 Å². The van der Waals surface area contributed by atoms with E-state index >= 15 is 0 Å². The van der Waals surface area contributed by atoms with Crippen molar-refractivity contribution >= 4 is 5.91 Å². The molecule has 1 atom stereocenters. The molecule has 1 fully saturated rings. The van der Waals surface area contributed by atoms with Gasteiger partial charge in [0.15, 0.2) is 0 Å². The molecule has 0 radical (unpaired) electrons. The number of carbonyl (C=O) groups excluding carboxylic acids is 1. The second kappa shape index (κ2) is 8.28. The second-order valence-corrected chi connectivity index (χ2v) is 6.38. The molecule has 3 nitrogen and oxygen atoms in total. The standard InChI is InChI=1S/C18H27FN2O/c1-3-4-14(2)20-18(22)16-9-11-21(12-10-16)13-15-5-7-17(19)8-6-15/h5-8,14,16H,3-4,9-13H2,1-2H3,(H,20,22)/t14-/m1/s1. The molecule has 1 N–H and O–H groups in total. The summed E-state index contributed by atoms with van der Waals surface area (Å²) in [6, 6.07) is 6.95. The Hall–Kier alpha value is -1.42. The highest BCUT2D eigenvalue weighted by atomic mass is 19.1. The van der Waals surface area contributed by atoms with Crippen LogP contribution in [0.1, 0.15) is 45.1 Å². The molecule has 1 aliphatic rings. The van der Waals surface area contributed by atoms with Gasteiger partial charge in [-0.2, -0.15) is 0 Å². The number of piperidine rings is 1. The number of hydrogen-bond acceptors (Lipinski definition) is 2. The first kappa shape index (κ1) is 16.9. The van der Waals surface area contributed by atoms with Crippen molar-refractivity contribution in [3.05, 3.63) is 35.6 Å². The third kappa shape index (κ3) is 5.09. The lowest BCUT2D eigenvalue weighted by atomic mass is 9.95. The number of benzene rings is 1. The number of hydrogen-bond donors (Lipinski definition) is 1. The van der Waals surface area contributed by atoms with Crippen molar-refractivity contribution < 1.29 is 9.18 Å². The van der Waals surface area contributed by atoms with Gasteiger partial charge >= 0.3 is 0 Å². The Kier molecular flexibility index (Phi) is 6.37. The van der Waals surface area contributed by atoms with Crippen LogP contribution in [-0.4, -0.2) is 29.9 Å². The molecule has 0 bridgehead atoms. The van der Waals surface area contributed by atoms with Crippen LogP contribution in [0.2, 0.25) is 0 Å². The van der Waals surface area contributed by atoms with Gasteiger partial charge in [0.05, 0.1) is 0 Å². The van der Waals surface area contributed by atoms with Gasteiger partial charge in [0, 0.05) is 18.5 Å². The van der Waals surface area contributed by atoms with E-state index in [0.717, 1.165) is 50.9 Å². The highest BCUT2D eigenvalue weighted by molar-refractivity contribution is 5.79. The first-order valence-corrected chi connectivity index (χ1v) is 8.35. The predicted molar refractivity (Wildman–Crippen MR) is 86.9 cm³/mol. The van der Waals surface area contributed by atoms with Gasteiger partial charge in [-0.05, 0) is 57.0 Å². The molecule has 122 valence electrons. The smallest absolute Gasteiger partial charge is 0.223 e. The number of nitrogens with zero attached hydrogens (tertiary/aromatic N) is 1. The van der Waals surface area contributed by atoms with Gasteiger partial charge in [-0.3, -0.25) is 9.69 Å². The van der Waals surface area contributed by atoms with Gasteiger partial charge in [-0.1, -0.05) is 25.5 Å². The number of rotatable bonds is 6. The van der Waals surface area contributed by atoms with Gasteiger partial charge in [-0.25, -0.2) is 4.39 Å². The van der Waals surface area contributed by atoms with Crippen molar-refractivity contribution in [3.8, 4) is 0 Å². The zero-order valence-corrected chi connectivity index (χ0v) is 13.6. The lowest BCUT2D eigenvalue weighted by Gasteiger charge is -2.31. The molecule has 22 heavy (non-hydrogen) atoms. The molecule has 1 aromatic rings. The highest BCUT2D eigenvalue weighted by Crippen LogP contribution is 2.19. The molecule has 2 rings (SSSR count). The maximum absolute atomic E-state index is 12.9. The first-order chi connectivity index (χ1) is 10.6. The van der Waals surface area contributed by atoms with Gasteiger partial charge < -0.3 is 5.32 Å². The Balaban J connectivity index is 1.75. The molecule has 1 heterocycles. The van der Waals surface area contributed by atoms with Crippen molar-refractivity contribution in [2.24, 2.45) is 5.92 Å². The third-order valence-electron chi connectivity index (χ3n) is 4.39. The van der Waals surface area contributed by atoms with E-state index in [1.165, 1.54) is 12.1 Å². The summed E-state index contributed by atoms with van der Waals surface area (Å²) in [5, 5.41) is 3.12. The van der Waals surface area contributed by atoms with E-state index < -0.39 is 0 Å². The molecular formula is C18H27FN2O. The zero-order chi connectivity index (χ0) is 15.9. The normalized spacial score (nSPS) is 18.1. The van der Waals surface area contributed by atoms with E-state index in [4.69, 9.17) is 0 Å². The summed E-state index contributed by atoms with van der Waals surface area (Å²) < 4.78 is 12.9. The number of nitrogens with one attached hydrogen (secondary N) is 1. The molecule has 0 saturated carbocycles. The van der Waals surface area contributed by atoms with Crippen LogP contribution >= 0.6 is 0 Å². The highest BCUT2D eigenvalue weighted by Gasteiger charge is 2.25. The SMILES string of the molecule is CCC[C@@H](C)NC(=O)C1CCN(Cc2ccc(F)cc2)CC1. The molecule has 1 amide bonds. The first-order valence-electron chi connectivity index (χ1n) is 8.35. The van der Waals surface area contributed by atoms with Crippen LogP contribution in [0.4, 0.5) is 4.39 Å². The lowest BCUT2D eigenvalue weighted by Crippen LogP contribution is -2.42. The van der Waals surface area contributed by atoms with E-state index in [1.807, 2.05) is 12.1 Å². The third-order valence-corrected chi connectivity index (χ3v) is 4.39. The average Bonchev–Trinajstić information content (AvgIpc) is 2.50. The van der Waals surface area contributed by atoms with Crippen LogP contribution < -0.4 is 5.32 Å². The van der Waals surface area contributed by atoms with Gasteiger partial charge in [0.25, 0.3) is 0 Å². The van der Waals surface area contributed by atoms with Crippen molar-refractivity contribution in [2.45, 2.75) is 52.1 Å². The Morgan fingerprint density at radius 2 is 1.95 bits per heavy atom. The molecular weight excluding hydrogens is 279 g/mol. The summed E-state index contributed by atoms with van der Waals surface area (Å²) >= 11 is 0. The maximum Gasteiger partial charge on any atom is 0.223 e. The summed E-state index contributed by atoms with van der Waals surface area (Å²) in [6.45, 7) is 6.90. The number of amides is 1. The molecule has 0 aromatic heterocycles. The summed E-state index contributed by atoms with van der Waals surface area (Å²) in [6.07, 6.45) is 3.95. The van der Waals surface area contributed by atoms with Gasteiger partial charge in [0.2, 0.25) is 5.91 Å². The van der Waals surface area contributed by atoms with Crippen molar-refractivity contribution in [1.29, 1.82) is 0 Å². The van der Waals surface area contributed by atoms with Crippen LogP contribution in [0, 0.1) is 11.7 Å². The second-order valence-electron chi connectivity index (χ2n) is 6.38.